The Balaban J connectivity index is 1.63. The van der Waals surface area contributed by atoms with Gasteiger partial charge in [-0.25, -0.2) is 0 Å². The van der Waals surface area contributed by atoms with E-state index in [4.69, 9.17) is 13.9 Å². The Kier molecular flexibility index (Phi) is 5.61. The summed E-state index contributed by atoms with van der Waals surface area (Å²) >= 11 is 0. The smallest absolute Gasteiger partial charge is 0.296 e. The molecule has 0 aliphatic carbocycles. The molecule has 0 bridgehead atoms. The van der Waals surface area contributed by atoms with Crippen LogP contribution in [0.15, 0.2) is 70.9 Å². The molecule has 7 heteroatoms. The summed E-state index contributed by atoms with van der Waals surface area (Å²) in [6.45, 7) is 4.43. The summed E-state index contributed by atoms with van der Waals surface area (Å²) in [4.78, 5) is 27.8. The van der Waals surface area contributed by atoms with Crippen LogP contribution in [0.3, 0.4) is 0 Å². The zero-order chi connectivity index (χ0) is 23.8. The number of aliphatic hydroxyl groups excluding tert-OH is 1. The van der Waals surface area contributed by atoms with Gasteiger partial charge in [0.2, 0.25) is 0 Å². The molecule has 1 aromatic heterocycles. The maximum atomic E-state index is 13.2. The predicted octanol–water partition coefficient (Wildman–Crippen LogP) is 4.62. The molecule has 0 spiro atoms. The highest BCUT2D eigenvalue weighted by Gasteiger charge is 2.46. The average Bonchev–Trinajstić information content (AvgIpc) is 3.53. The maximum absolute atomic E-state index is 13.2. The molecule has 5 rings (SSSR count). The Hall–Kier alpha value is -4.00. The first-order valence-corrected chi connectivity index (χ1v) is 11.3. The SMILES string of the molecule is CCOc1cccc([C@@H]2C(=C(O)c3ccc4c(c3)C[C@@H](C)O4)C(=O)C(=O)N2Cc2ccco2)c1. The summed E-state index contributed by atoms with van der Waals surface area (Å²) in [5.41, 5.74) is 2.13. The van der Waals surface area contributed by atoms with Gasteiger partial charge in [0.15, 0.2) is 0 Å². The summed E-state index contributed by atoms with van der Waals surface area (Å²) < 4.78 is 16.8. The number of amides is 1. The molecule has 174 valence electrons. The van der Waals surface area contributed by atoms with Gasteiger partial charge in [-0.3, -0.25) is 9.59 Å². The van der Waals surface area contributed by atoms with Gasteiger partial charge in [-0.1, -0.05) is 12.1 Å². The molecule has 3 aromatic rings. The van der Waals surface area contributed by atoms with Crippen molar-refractivity contribution in [3.8, 4) is 11.5 Å². The van der Waals surface area contributed by atoms with E-state index < -0.39 is 17.7 Å². The lowest BCUT2D eigenvalue weighted by atomic mass is 9.94. The third-order valence-electron chi connectivity index (χ3n) is 6.10. The summed E-state index contributed by atoms with van der Waals surface area (Å²) in [6.07, 6.45) is 2.28. The van der Waals surface area contributed by atoms with Gasteiger partial charge in [0.25, 0.3) is 11.7 Å². The molecule has 2 aromatic carbocycles. The van der Waals surface area contributed by atoms with E-state index in [0.717, 1.165) is 11.3 Å². The van der Waals surface area contributed by atoms with E-state index >= 15 is 0 Å². The number of carbonyl (C=O) groups excluding carboxylic acids is 2. The quantitative estimate of drug-likeness (QED) is 0.329. The van der Waals surface area contributed by atoms with Crippen LogP contribution in [-0.4, -0.2) is 34.4 Å². The number of aliphatic hydroxyl groups is 1. The molecule has 1 N–H and O–H groups in total. The second-order valence-corrected chi connectivity index (χ2v) is 8.47. The molecule has 7 nitrogen and oxygen atoms in total. The first kappa shape index (κ1) is 21.8. The van der Waals surface area contributed by atoms with Crippen LogP contribution >= 0.6 is 0 Å². The maximum Gasteiger partial charge on any atom is 0.296 e. The molecule has 2 atom stereocenters. The van der Waals surface area contributed by atoms with E-state index in [1.807, 2.05) is 38.1 Å². The minimum atomic E-state index is -0.797. The van der Waals surface area contributed by atoms with Crippen LogP contribution in [0.1, 0.15) is 42.3 Å². The van der Waals surface area contributed by atoms with E-state index in [2.05, 4.69) is 0 Å². The molecule has 0 radical (unpaired) electrons. The van der Waals surface area contributed by atoms with Crippen LogP contribution in [0, 0.1) is 0 Å². The Morgan fingerprint density at radius 2 is 2.00 bits per heavy atom. The van der Waals surface area contributed by atoms with Gasteiger partial charge in [0.05, 0.1) is 31.0 Å². The Labute approximate surface area is 197 Å². The van der Waals surface area contributed by atoms with E-state index in [1.54, 1.807) is 30.3 Å². The number of benzene rings is 2. The number of nitrogens with zero attached hydrogens (tertiary/aromatic N) is 1. The van der Waals surface area contributed by atoms with Crippen LogP contribution in [0.5, 0.6) is 11.5 Å². The fourth-order valence-corrected chi connectivity index (χ4v) is 4.63. The minimum Gasteiger partial charge on any atom is -0.507 e. The van der Waals surface area contributed by atoms with Crippen LogP contribution in [0.4, 0.5) is 0 Å². The number of rotatable bonds is 6. The van der Waals surface area contributed by atoms with E-state index in [-0.39, 0.29) is 24.0 Å². The topological polar surface area (TPSA) is 89.2 Å². The van der Waals surface area contributed by atoms with Crippen molar-refractivity contribution >= 4 is 17.4 Å². The monoisotopic (exact) mass is 459 g/mol. The molecule has 34 heavy (non-hydrogen) atoms. The van der Waals surface area contributed by atoms with E-state index in [9.17, 15) is 14.7 Å². The third-order valence-corrected chi connectivity index (χ3v) is 6.10. The first-order chi connectivity index (χ1) is 16.5. The largest absolute Gasteiger partial charge is 0.507 e. The number of carbonyl (C=O) groups is 2. The standard InChI is InChI=1S/C27H25NO6/c1-3-32-20-7-4-6-17(14-20)24-23(26(30)27(31)28(24)15-21-8-5-11-33-21)25(29)18-9-10-22-19(13-18)12-16(2)34-22/h4-11,13-14,16,24,29H,3,12,15H2,1-2H3/t16-,24-/m1/s1. The Bertz CT molecular complexity index is 1280. The van der Waals surface area contributed by atoms with Gasteiger partial charge >= 0.3 is 0 Å². The van der Waals surface area contributed by atoms with Crippen molar-refractivity contribution < 1.29 is 28.6 Å². The van der Waals surface area contributed by atoms with Crippen molar-refractivity contribution in [3.63, 3.8) is 0 Å². The lowest BCUT2D eigenvalue weighted by molar-refractivity contribution is -0.140. The first-order valence-electron chi connectivity index (χ1n) is 11.3. The second kappa shape index (κ2) is 8.74. The molecule has 1 saturated heterocycles. The van der Waals surface area contributed by atoms with Crippen LogP contribution in [0.2, 0.25) is 0 Å². The fraction of sp³-hybridized carbons (Fsp3) is 0.259. The van der Waals surface area contributed by atoms with Crippen molar-refractivity contribution in [2.75, 3.05) is 6.61 Å². The molecule has 1 amide bonds. The molecule has 0 saturated carbocycles. The number of ketones is 1. The molecule has 2 aliphatic heterocycles. The van der Waals surface area contributed by atoms with E-state index in [0.29, 0.717) is 35.7 Å². The highest BCUT2D eigenvalue weighted by molar-refractivity contribution is 6.46. The summed E-state index contributed by atoms with van der Waals surface area (Å²) in [5, 5.41) is 11.3. The molecular weight excluding hydrogens is 434 g/mol. The van der Waals surface area contributed by atoms with Crippen LogP contribution in [0.25, 0.3) is 5.76 Å². The summed E-state index contributed by atoms with van der Waals surface area (Å²) in [7, 11) is 0. The summed E-state index contributed by atoms with van der Waals surface area (Å²) in [6, 6.07) is 15.2. The minimum absolute atomic E-state index is 0.0390. The van der Waals surface area contributed by atoms with Gasteiger partial charge in [0.1, 0.15) is 29.1 Å². The average molecular weight is 459 g/mol. The second-order valence-electron chi connectivity index (χ2n) is 8.47. The normalized spacial score (nSPS) is 20.9. The number of furan rings is 1. The Morgan fingerprint density at radius 1 is 1.15 bits per heavy atom. The summed E-state index contributed by atoms with van der Waals surface area (Å²) in [5.74, 6) is 0.283. The van der Waals surface area contributed by atoms with Crippen LogP contribution < -0.4 is 9.47 Å². The van der Waals surface area contributed by atoms with Gasteiger partial charge in [0, 0.05) is 12.0 Å². The lowest BCUT2D eigenvalue weighted by Crippen LogP contribution is -2.29. The number of hydrogen-bond acceptors (Lipinski definition) is 6. The van der Waals surface area contributed by atoms with Crippen molar-refractivity contribution in [1.82, 2.24) is 4.90 Å². The number of hydrogen-bond donors (Lipinski definition) is 1. The molecule has 3 heterocycles. The molecule has 2 aliphatic rings. The third kappa shape index (κ3) is 3.83. The zero-order valence-corrected chi connectivity index (χ0v) is 19.0. The predicted molar refractivity (Wildman–Crippen MR) is 124 cm³/mol. The van der Waals surface area contributed by atoms with Gasteiger partial charge < -0.3 is 23.9 Å². The van der Waals surface area contributed by atoms with Crippen LogP contribution in [-0.2, 0) is 22.6 Å². The van der Waals surface area contributed by atoms with Gasteiger partial charge in [-0.05, 0) is 67.4 Å². The highest BCUT2D eigenvalue weighted by Crippen LogP contribution is 2.42. The molecule has 0 unspecified atom stereocenters. The number of likely N-dealkylation sites (tertiary alicyclic amines) is 1. The fourth-order valence-electron chi connectivity index (χ4n) is 4.63. The lowest BCUT2D eigenvalue weighted by Gasteiger charge is -2.25. The Morgan fingerprint density at radius 3 is 2.76 bits per heavy atom. The van der Waals surface area contributed by atoms with Gasteiger partial charge in [-0.15, -0.1) is 0 Å². The highest BCUT2D eigenvalue weighted by atomic mass is 16.5. The number of ether oxygens (including phenoxy) is 2. The molecule has 1 fully saturated rings. The number of Topliss-reactive ketones (excluding diaryl/α,β-unsaturated/α-hetero) is 1. The number of fused-ring (bicyclic) bond motifs is 1. The zero-order valence-electron chi connectivity index (χ0n) is 19.0. The molecular formula is C27H25NO6. The van der Waals surface area contributed by atoms with Crippen molar-refractivity contribution in [2.24, 2.45) is 0 Å². The van der Waals surface area contributed by atoms with Crippen molar-refractivity contribution in [2.45, 2.75) is 39.0 Å². The van der Waals surface area contributed by atoms with Crippen molar-refractivity contribution in [1.29, 1.82) is 0 Å². The van der Waals surface area contributed by atoms with E-state index in [1.165, 1.54) is 11.2 Å². The van der Waals surface area contributed by atoms with Crippen molar-refractivity contribution in [3.05, 3.63) is 88.9 Å². The van der Waals surface area contributed by atoms with Gasteiger partial charge in [-0.2, -0.15) is 0 Å².